The predicted molar refractivity (Wildman–Crippen MR) is 60.8 cm³/mol. The third-order valence-corrected chi connectivity index (χ3v) is 2.87. The summed E-state index contributed by atoms with van der Waals surface area (Å²) in [5.41, 5.74) is 12.3. The predicted octanol–water partition coefficient (Wildman–Crippen LogP) is 0.754. The molecule has 16 heavy (non-hydrogen) atoms. The van der Waals surface area contributed by atoms with E-state index in [0.717, 1.165) is 12.8 Å². The molecule has 4 N–H and O–H groups in total. The molecule has 1 aromatic carbocycles. The summed E-state index contributed by atoms with van der Waals surface area (Å²) in [4.78, 5) is 0. The Kier molecular flexibility index (Phi) is 3.09. The first-order valence-electron chi connectivity index (χ1n) is 5.37. The quantitative estimate of drug-likeness (QED) is 0.765. The number of para-hydroxylation sites is 1. The molecule has 1 aliphatic carbocycles. The van der Waals surface area contributed by atoms with Crippen molar-refractivity contribution in [2.24, 2.45) is 11.5 Å². The summed E-state index contributed by atoms with van der Waals surface area (Å²) in [5.74, 6) is 0.597. The fraction of sp³-hybridized carbons (Fsp3) is 0.417. The Bertz CT molecular complexity index is 413. The molecule has 0 radical (unpaired) electrons. The summed E-state index contributed by atoms with van der Waals surface area (Å²) in [6, 6.07) is 9.34. The van der Waals surface area contributed by atoms with Crippen molar-refractivity contribution < 1.29 is 4.74 Å². The van der Waals surface area contributed by atoms with Gasteiger partial charge in [-0.3, -0.25) is 0 Å². The summed E-state index contributed by atoms with van der Waals surface area (Å²) < 4.78 is 5.75. The number of nitrogens with zero attached hydrogens (tertiary/aromatic N) is 1. The van der Waals surface area contributed by atoms with Crippen molar-refractivity contribution in [2.45, 2.75) is 31.0 Å². The lowest BCUT2D eigenvalue weighted by Crippen LogP contribution is -2.33. The van der Waals surface area contributed by atoms with Crippen LogP contribution in [0, 0.1) is 11.3 Å². The molecule has 1 aromatic rings. The van der Waals surface area contributed by atoms with Gasteiger partial charge in [0, 0.05) is 18.5 Å². The van der Waals surface area contributed by atoms with Crippen molar-refractivity contribution in [1.29, 1.82) is 5.26 Å². The highest BCUT2D eigenvalue weighted by molar-refractivity contribution is 5.42. The SMILES string of the molecule is N#Cc1ccccc1O[C@@H]1CC(N)CC1N. The maximum absolute atomic E-state index is 8.92. The number of hydrogen-bond donors (Lipinski definition) is 2. The minimum absolute atomic E-state index is 0.0400. The Morgan fingerprint density at radius 3 is 2.62 bits per heavy atom. The summed E-state index contributed by atoms with van der Waals surface area (Å²) in [5, 5.41) is 8.92. The minimum Gasteiger partial charge on any atom is -0.487 e. The zero-order valence-corrected chi connectivity index (χ0v) is 8.97. The first-order valence-corrected chi connectivity index (χ1v) is 5.37. The second-order valence-electron chi connectivity index (χ2n) is 4.16. The molecule has 0 saturated heterocycles. The van der Waals surface area contributed by atoms with Gasteiger partial charge in [-0.2, -0.15) is 5.26 Å². The molecule has 4 heteroatoms. The van der Waals surface area contributed by atoms with E-state index < -0.39 is 0 Å². The van der Waals surface area contributed by atoms with E-state index in [2.05, 4.69) is 6.07 Å². The second-order valence-corrected chi connectivity index (χ2v) is 4.16. The van der Waals surface area contributed by atoms with Crippen molar-refractivity contribution in [3.63, 3.8) is 0 Å². The Morgan fingerprint density at radius 2 is 2.00 bits per heavy atom. The maximum atomic E-state index is 8.92. The fourth-order valence-corrected chi connectivity index (χ4v) is 2.03. The van der Waals surface area contributed by atoms with E-state index in [0.29, 0.717) is 11.3 Å². The number of ether oxygens (including phenoxy) is 1. The normalized spacial score (nSPS) is 28.7. The molecule has 3 atom stereocenters. The van der Waals surface area contributed by atoms with Crippen molar-refractivity contribution in [2.75, 3.05) is 0 Å². The van der Waals surface area contributed by atoms with Crippen LogP contribution in [0.25, 0.3) is 0 Å². The summed E-state index contributed by atoms with van der Waals surface area (Å²) >= 11 is 0. The van der Waals surface area contributed by atoms with Gasteiger partial charge in [-0.15, -0.1) is 0 Å². The van der Waals surface area contributed by atoms with Crippen molar-refractivity contribution in [1.82, 2.24) is 0 Å². The van der Waals surface area contributed by atoms with Gasteiger partial charge in [-0.25, -0.2) is 0 Å². The average molecular weight is 217 g/mol. The lowest BCUT2D eigenvalue weighted by molar-refractivity contribution is 0.190. The lowest BCUT2D eigenvalue weighted by atomic mass is 10.2. The minimum atomic E-state index is -0.0792. The van der Waals surface area contributed by atoms with Gasteiger partial charge in [0.15, 0.2) is 0 Å². The number of rotatable bonds is 2. The molecular weight excluding hydrogens is 202 g/mol. The zero-order valence-electron chi connectivity index (χ0n) is 8.97. The van der Waals surface area contributed by atoms with Gasteiger partial charge in [0.25, 0.3) is 0 Å². The Morgan fingerprint density at radius 1 is 1.25 bits per heavy atom. The van der Waals surface area contributed by atoms with Crippen LogP contribution in [0.4, 0.5) is 0 Å². The van der Waals surface area contributed by atoms with Crippen LogP contribution in [0.1, 0.15) is 18.4 Å². The van der Waals surface area contributed by atoms with Crippen molar-refractivity contribution in [3.8, 4) is 11.8 Å². The summed E-state index contributed by atoms with van der Waals surface area (Å²) in [7, 11) is 0. The van der Waals surface area contributed by atoms with Crippen LogP contribution in [-0.2, 0) is 0 Å². The monoisotopic (exact) mass is 217 g/mol. The van der Waals surface area contributed by atoms with Crippen molar-refractivity contribution in [3.05, 3.63) is 29.8 Å². The topological polar surface area (TPSA) is 85.1 Å². The highest BCUT2D eigenvalue weighted by Crippen LogP contribution is 2.25. The standard InChI is InChI=1S/C12H15N3O/c13-7-8-3-1-2-4-11(8)16-12-6-9(14)5-10(12)15/h1-4,9-10,12H,5-6,14-15H2/t9?,10?,12-/m1/s1. The van der Waals surface area contributed by atoms with E-state index in [1.807, 2.05) is 12.1 Å². The molecule has 2 unspecified atom stereocenters. The van der Waals surface area contributed by atoms with Gasteiger partial charge < -0.3 is 16.2 Å². The van der Waals surface area contributed by atoms with E-state index in [1.54, 1.807) is 12.1 Å². The number of nitriles is 1. The molecule has 2 rings (SSSR count). The molecule has 0 spiro atoms. The van der Waals surface area contributed by atoms with E-state index in [-0.39, 0.29) is 18.2 Å². The Labute approximate surface area is 94.8 Å². The van der Waals surface area contributed by atoms with E-state index in [9.17, 15) is 0 Å². The van der Waals surface area contributed by atoms with Crippen LogP contribution in [0.5, 0.6) is 5.75 Å². The highest BCUT2D eigenvalue weighted by atomic mass is 16.5. The van der Waals surface area contributed by atoms with Gasteiger partial charge in [0.05, 0.1) is 5.56 Å². The number of nitrogens with two attached hydrogens (primary N) is 2. The largest absolute Gasteiger partial charge is 0.487 e. The van der Waals surface area contributed by atoms with Gasteiger partial charge in [-0.05, 0) is 18.6 Å². The third kappa shape index (κ3) is 2.16. The molecule has 0 amide bonds. The van der Waals surface area contributed by atoms with Gasteiger partial charge in [-0.1, -0.05) is 12.1 Å². The molecule has 0 bridgehead atoms. The van der Waals surface area contributed by atoms with E-state index >= 15 is 0 Å². The molecule has 1 aliphatic rings. The molecule has 0 aliphatic heterocycles. The van der Waals surface area contributed by atoms with Gasteiger partial charge in [0.2, 0.25) is 0 Å². The Hall–Kier alpha value is -1.57. The van der Waals surface area contributed by atoms with Gasteiger partial charge in [0.1, 0.15) is 17.9 Å². The van der Waals surface area contributed by atoms with Crippen LogP contribution in [0.2, 0.25) is 0 Å². The molecular formula is C12H15N3O. The second kappa shape index (κ2) is 4.52. The molecule has 0 aromatic heterocycles. The first-order chi connectivity index (χ1) is 7.70. The van der Waals surface area contributed by atoms with Crippen LogP contribution >= 0.6 is 0 Å². The van der Waals surface area contributed by atoms with E-state index in [1.165, 1.54) is 0 Å². The van der Waals surface area contributed by atoms with Crippen LogP contribution in [0.15, 0.2) is 24.3 Å². The molecule has 1 fully saturated rings. The summed E-state index contributed by atoms with van der Waals surface area (Å²) in [6.45, 7) is 0. The molecule has 1 saturated carbocycles. The maximum Gasteiger partial charge on any atom is 0.137 e. The summed E-state index contributed by atoms with van der Waals surface area (Å²) in [6.07, 6.45) is 1.45. The molecule has 0 heterocycles. The van der Waals surface area contributed by atoms with Crippen LogP contribution < -0.4 is 16.2 Å². The average Bonchev–Trinajstić information content (AvgIpc) is 2.58. The third-order valence-electron chi connectivity index (χ3n) is 2.87. The lowest BCUT2D eigenvalue weighted by Gasteiger charge is -2.18. The fourth-order valence-electron chi connectivity index (χ4n) is 2.03. The van der Waals surface area contributed by atoms with Crippen LogP contribution in [-0.4, -0.2) is 18.2 Å². The van der Waals surface area contributed by atoms with Crippen LogP contribution in [0.3, 0.4) is 0 Å². The zero-order chi connectivity index (χ0) is 11.5. The molecule has 84 valence electrons. The smallest absolute Gasteiger partial charge is 0.137 e. The first kappa shape index (κ1) is 10.9. The molecule has 4 nitrogen and oxygen atoms in total. The highest BCUT2D eigenvalue weighted by Gasteiger charge is 2.31. The van der Waals surface area contributed by atoms with Crippen molar-refractivity contribution >= 4 is 0 Å². The number of benzene rings is 1. The van der Waals surface area contributed by atoms with E-state index in [4.69, 9.17) is 21.5 Å². The number of hydrogen-bond acceptors (Lipinski definition) is 4. The Balaban J connectivity index is 2.12. The van der Waals surface area contributed by atoms with Gasteiger partial charge >= 0.3 is 0 Å².